The number of ether oxygens (including phenoxy) is 1. The quantitative estimate of drug-likeness (QED) is 0.810. The Kier molecular flexibility index (Phi) is 2.41. The van der Waals surface area contributed by atoms with Crippen molar-refractivity contribution in [2.45, 2.75) is 20.0 Å². The van der Waals surface area contributed by atoms with Crippen LogP contribution in [0.25, 0.3) is 10.9 Å². The van der Waals surface area contributed by atoms with Crippen LogP contribution in [0.3, 0.4) is 0 Å². The van der Waals surface area contributed by atoms with Gasteiger partial charge in [-0.2, -0.15) is 0 Å². The molecule has 0 radical (unpaired) electrons. The predicted molar refractivity (Wildman–Crippen MR) is 58.1 cm³/mol. The Hall–Kier alpha value is -1.84. The average molecular weight is 204 g/mol. The molecule has 1 N–H and O–H groups in total. The van der Waals surface area contributed by atoms with Crippen LogP contribution in [0.1, 0.15) is 13.8 Å². The SMILES string of the molecule is CC(C)Oc1cccc2[nH]c(=O)ncc12. The van der Waals surface area contributed by atoms with E-state index in [1.165, 1.54) is 6.20 Å². The largest absolute Gasteiger partial charge is 0.490 e. The van der Waals surface area contributed by atoms with Gasteiger partial charge in [-0.15, -0.1) is 0 Å². The van der Waals surface area contributed by atoms with Gasteiger partial charge < -0.3 is 9.72 Å². The molecule has 0 aliphatic carbocycles. The average Bonchev–Trinajstić information content (AvgIpc) is 2.16. The third kappa shape index (κ3) is 1.98. The molecule has 4 heteroatoms. The van der Waals surface area contributed by atoms with Crippen molar-refractivity contribution in [3.05, 3.63) is 34.9 Å². The van der Waals surface area contributed by atoms with Gasteiger partial charge in [0.1, 0.15) is 5.75 Å². The third-order valence-corrected chi connectivity index (χ3v) is 1.98. The number of H-pyrrole nitrogens is 1. The van der Waals surface area contributed by atoms with E-state index in [0.29, 0.717) is 0 Å². The van der Waals surface area contributed by atoms with Gasteiger partial charge in [0.2, 0.25) is 0 Å². The van der Waals surface area contributed by atoms with E-state index in [1.54, 1.807) is 0 Å². The number of rotatable bonds is 2. The number of fused-ring (bicyclic) bond motifs is 1. The van der Waals surface area contributed by atoms with Crippen LogP contribution in [0.2, 0.25) is 0 Å². The summed E-state index contributed by atoms with van der Waals surface area (Å²) < 4.78 is 5.61. The van der Waals surface area contributed by atoms with E-state index in [0.717, 1.165) is 16.7 Å². The van der Waals surface area contributed by atoms with Crippen LogP contribution in [-0.4, -0.2) is 16.1 Å². The van der Waals surface area contributed by atoms with Gasteiger partial charge in [-0.25, -0.2) is 9.78 Å². The number of benzene rings is 1. The first kappa shape index (κ1) is 9.71. The first-order valence-corrected chi connectivity index (χ1v) is 4.81. The zero-order valence-electron chi connectivity index (χ0n) is 8.65. The molecule has 15 heavy (non-hydrogen) atoms. The number of aromatic amines is 1. The number of nitrogens with zero attached hydrogens (tertiary/aromatic N) is 1. The van der Waals surface area contributed by atoms with Gasteiger partial charge in [0.25, 0.3) is 0 Å². The lowest BCUT2D eigenvalue weighted by atomic mass is 10.2. The highest BCUT2D eigenvalue weighted by atomic mass is 16.5. The van der Waals surface area contributed by atoms with Crippen LogP contribution in [0.15, 0.2) is 29.2 Å². The van der Waals surface area contributed by atoms with Crippen LogP contribution in [0.5, 0.6) is 5.75 Å². The summed E-state index contributed by atoms with van der Waals surface area (Å²) in [5.41, 5.74) is 0.400. The van der Waals surface area contributed by atoms with Crippen LogP contribution < -0.4 is 10.4 Å². The van der Waals surface area contributed by atoms with E-state index in [-0.39, 0.29) is 11.8 Å². The maximum absolute atomic E-state index is 11.0. The Morgan fingerprint density at radius 2 is 2.20 bits per heavy atom. The van der Waals surface area contributed by atoms with E-state index < -0.39 is 0 Å². The number of hydrogen-bond donors (Lipinski definition) is 1. The third-order valence-electron chi connectivity index (χ3n) is 1.98. The highest BCUT2D eigenvalue weighted by molar-refractivity contribution is 5.83. The van der Waals surface area contributed by atoms with Crippen molar-refractivity contribution in [1.29, 1.82) is 0 Å². The van der Waals surface area contributed by atoms with Gasteiger partial charge >= 0.3 is 5.69 Å². The molecule has 0 spiro atoms. The lowest BCUT2D eigenvalue weighted by Crippen LogP contribution is -2.10. The summed E-state index contributed by atoms with van der Waals surface area (Å²) >= 11 is 0. The van der Waals surface area contributed by atoms with Gasteiger partial charge in [-0.1, -0.05) is 6.07 Å². The fraction of sp³-hybridized carbons (Fsp3) is 0.273. The van der Waals surface area contributed by atoms with E-state index in [4.69, 9.17) is 4.74 Å². The minimum Gasteiger partial charge on any atom is -0.490 e. The minimum atomic E-state index is -0.343. The summed E-state index contributed by atoms with van der Waals surface area (Å²) in [5.74, 6) is 0.742. The summed E-state index contributed by atoms with van der Waals surface area (Å²) in [6.07, 6.45) is 1.63. The fourth-order valence-electron chi connectivity index (χ4n) is 1.41. The monoisotopic (exact) mass is 204 g/mol. The predicted octanol–water partition coefficient (Wildman–Crippen LogP) is 1.71. The van der Waals surface area contributed by atoms with E-state index in [9.17, 15) is 4.79 Å². The number of nitrogens with one attached hydrogen (secondary N) is 1. The van der Waals surface area contributed by atoms with Crippen molar-refractivity contribution in [3.63, 3.8) is 0 Å². The maximum Gasteiger partial charge on any atom is 0.345 e. The second-order valence-corrected chi connectivity index (χ2v) is 3.57. The van der Waals surface area contributed by atoms with E-state index in [2.05, 4.69) is 9.97 Å². The molecule has 2 rings (SSSR count). The highest BCUT2D eigenvalue weighted by Gasteiger charge is 2.04. The molecule has 0 aliphatic rings. The Balaban J connectivity index is 2.60. The highest BCUT2D eigenvalue weighted by Crippen LogP contribution is 2.23. The zero-order valence-corrected chi connectivity index (χ0v) is 8.65. The maximum atomic E-state index is 11.0. The Morgan fingerprint density at radius 1 is 1.40 bits per heavy atom. The van der Waals surface area contributed by atoms with Crippen molar-refractivity contribution in [2.75, 3.05) is 0 Å². The summed E-state index contributed by atoms with van der Waals surface area (Å²) in [6.45, 7) is 3.91. The fourth-order valence-corrected chi connectivity index (χ4v) is 1.41. The number of hydrogen-bond acceptors (Lipinski definition) is 3. The van der Waals surface area contributed by atoms with Gasteiger partial charge in [0.05, 0.1) is 17.0 Å². The van der Waals surface area contributed by atoms with E-state index in [1.807, 2.05) is 32.0 Å². The molecule has 4 nitrogen and oxygen atoms in total. The molecule has 1 aromatic carbocycles. The topological polar surface area (TPSA) is 55.0 Å². The summed E-state index contributed by atoms with van der Waals surface area (Å²) in [6, 6.07) is 5.53. The normalized spacial score (nSPS) is 10.9. The van der Waals surface area contributed by atoms with Gasteiger partial charge in [0.15, 0.2) is 0 Å². The molecule has 2 aromatic rings. The van der Waals surface area contributed by atoms with Crippen LogP contribution in [-0.2, 0) is 0 Å². The molecule has 1 aromatic heterocycles. The second-order valence-electron chi connectivity index (χ2n) is 3.57. The molecule has 0 saturated heterocycles. The Labute approximate surface area is 86.9 Å². The van der Waals surface area contributed by atoms with Crippen molar-refractivity contribution in [2.24, 2.45) is 0 Å². The Morgan fingerprint density at radius 3 is 2.93 bits per heavy atom. The Bertz CT molecular complexity index is 531. The summed E-state index contributed by atoms with van der Waals surface area (Å²) in [4.78, 5) is 17.4. The van der Waals surface area contributed by atoms with Crippen molar-refractivity contribution >= 4 is 10.9 Å². The summed E-state index contributed by atoms with van der Waals surface area (Å²) in [5, 5.41) is 0.825. The van der Waals surface area contributed by atoms with Crippen LogP contribution in [0, 0.1) is 0 Å². The molecular weight excluding hydrogens is 192 g/mol. The number of aromatic nitrogens is 2. The molecule has 0 saturated carbocycles. The van der Waals surface area contributed by atoms with Crippen LogP contribution >= 0.6 is 0 Å². The first-order valence-electron chi connectivity index (χ1n) is 4.81. The smallest absolute Gasteiger partial charge is 0.345 e. The molecule has 0 atom stereocenters. The summed E-state index contributed by atoms with van der Waals surface area (Å²) in [7, 11) is 0. The van der Waals surface area contributed by atoms with Gasteiger partial charge in [-0.3, -0.25) is 0 Å². The molecular formula is C11H12N2O2. The standard InChI is InChI=1S/C11H12N2O2/c1-7(2)15-10-5-3-4-9-8(10)6-12-11(14)13-9/h3-7H,1-2H3,(H,12,13,14). The zero-order chi connectivity index (χ0) is 10.8. The molecule has 1 heterocycles. The van der Waals surface area contributed by atoms with Crippen molar-refractivity contribution in [3.8, 4) is 5.75 Å². The van der Waals surface area contributed by atoms with Gasteiger partial charge in [-0.05, 0) is 26.0 Å². The first-order chi connectivity index (χ1) is 7.16. The lowest BCUT2D eigenvalue weighted by molar-refractivity contribution is 0.245. The molecule has 78 valence electrons. The van der Waals surface area contributed by atoms with E-state index >= 15 is 0 Å². The molecule has 0 fully saturated rings. The van der Waals surface area contributed by atoms with Crippen molar-refractivity contribution < 1.29 is 4.74 Å². The second kappa shape index (κ2) is 3.73. The minimum absolute atomic E-state index is 0.0996. The van der Waals surface area contributed by atoms with Crippen molar-refractivity contribution in [1.82, 2.24) is 9.97 Å². The molecule has 0 amide bonds. The van der Waals surface area contributed by atoms with Crippen LogP contribution in [0.4, 0.5) is 0 Å². The van der Waals surface area contributed by atoms with Gasteiger partial charge in [0, 0.05) is 6.20 Å². The molecule has 0 aliphatic heterocycles. The molecule has 0 unspecified atom stereocenters. The lowest BCUT2D eigenvalue weighted by Gasteiger charge is -2.11. The molecule has 0 bridgehead atoms.